The number of ether oxygens (including phenoxy) is 1. The minimum absolute atomic E-state index is 0.0136. The van der Waals surface area contributed by atoms with Crippen LogP contribution in [0.2, 0.25) is 0 Å². The summed E-state index contributed by atoms with van der Waals surface area (Å²) < 4.78 is 41.9. The SMILES string of the molecule is CC(C)CN(CC(F)(F)F)C(=O)COC(C)C. The fourth-order valence-electron chi connectivity index (χ4n) is 1.24. The summed E-state index contributed by atoms with van der Waals surface area (Å²) in [5.74, 6) is -0.634. The summed E-state index contributed by atoms with van der Waals surface area (Å²) in [7, 11) is 0. The summed E-state index contributed by atoms with van der Waals surface area (Å²) in [4.78, 5) is 12.4. The molecule has 0 N–H and O–H groups in total. The number of hydrogen-bond donors (Lipinski definition) is 0. The lowest BCUT2D eigenvalue weighted by molar-refractivity contribution is -0.165. The van der Waals surface area contributed by atoms with Crippen LogP contribution in [-0.2, 0) is 9.53 Å². The van der Waals surface area contributed by atoms with Gasteiger partial charge in [0.05, 0.1) is 6.10 Å². The highest BCUT2D eigenvalue weighted by Crippen LogP contribution is 2.17. The van der Waals surface area contributed by atoms with Crippen LogP contribution in [-0.4, -0.2) is 42.8 Å². The predicted molar refractivity (Wildman–Crippen MR) is 58.6 cm³/mol. The highest BCUT2D eigenvalue weighted by molar-refractivity contribution is 5.77. The summed E-state index contributed by atoms with van der Waals surface area (Å²) in [5.41, 5.74) is 0. The maximum atomic E-state index is 12.3. The maximum Gasteiger partial charge on any atom is 0.406 e. The fraction of sp³-hybridized carbons (Fsp3) is 0.909. The zero-order valence-corrected chi connectivity index (χ0v) is 10.7. The van der Waals surface area contributed by atoms with E-state index in [1.165, 1.54) is 0 Å². The van der Waals surface area contributed by atoms with Crippen molar-refractivity contribution < 1.29 is 22.7 Å². The van der Waals surface area contributed by atoms with Crippen LogP contribution in [0.1, 0.15) is 27.7 Å². The van der Waals surface area contributed by atoms with Crippen molar-refractivity contribution in [1.29, 1.82) is 0 Å². The third-order valence-corrected chi connectivity index (χ3v) is 1.85. The van der Waals surface area contributed by atoms with Crippen molar-refractivity contribution in [2.75, 3.05) is 19.7 Å². The molecule has 0 aliphatic rings. The van der Waals surface area contributed by atoms with Crippen molar-refractivity contribution in [3.8, 4) is 0 Å². The molecular formula is C11H20F3NO2. The summed E-state index contributed by atoms with van der Waals surface area (Å²) in [5, 5.41) is 0. The van der Waals surface area contributed by atoms with Crippen LogP contribution >= 0.6 is 0 Å². The van der Waals surface area contributed by atoms with E-state index in [4.69, 9.17) is 4.74 Å². The van der Waals surface area contributed by atoms with Crippen molar-refractivity contribution in [3.63, 3.8) is 0 Å². The number of carbonyl (C=O) groups excluding carboxylic acids is 1. The number of carbonyl (C=O) groups is 1. The van der Waals surface area contributed by atoms with Gasteiger partial charge in [0.1, 0.15) is 13.2 Å². The Labute approximate surface area is 99.9 Å². The van der Waals surface area contributed by atoms with Crippen molar-refractivity contribution in [2.24, 2.45) is 5.92 Å². The van der Waals surface area contributed by atoms with Crippen molar-refractivity contribution in [3.05, 3.63) is 0 Å². The average Bonchev–Trinajstić information content (AvgIpc) is 2.09. The Morgan fingerprint density at radius 3 is 2.12 bits per heavy atom. The lowest BCUT2D eigenvalue weighted by Gasteiger charge is -2.26. The number of alkyl halides is 3. The Kier molecular flexibility index (Phi) is 6.52. The summed E-state index contributed by atoms with van der Waals surface area (Å²) in [6, 6.07) is 0. The minimum atomic E-state index is -4.37. The highest BCUT2D eigenvalue weighted by Gasteiger charge is 2.33. The van der Waals surface area contributed by atoms with Gasteiger partial charge in [0.15, 0.2) is 0 Å². The van der Waals surface area contributed by atoms with Crippen LogP contribution in [0.4, 0.5) is 13.2 Å². The van der Waals surface area contributed by atoms with E-state index in [1.807, 2.05) is 0 Å². The van der Waals surface area contributed by atoms with Gasteiger partial charge in [-0.25, -0.2) is 0 Å². The zero-order chi connectivity index (χ0) is 13.6. The first-order valence-electron chi connectivity index (χ1n) is 5.58. The number of nitrogens with zero attached hydrogens (tertiary/aromatic N) is 1. The third kappa shape index (κ3) is 8.97. The van der Waals surface area contributed by atoms with Crippen molar-refractivity contribution in [1.82, 2.24) is 4.90 Å². The molecule has 0 unspecified atom stereocenters. The number of hydrogen-bond acceptors (Lipinski definition) is 2. The van der Waals surface area contributed by atoms with E-state index in [0.717, 1.165) is 4.90 Å². The van der Waals surface area contributed by atoms with E-state index in [1.54, 1.807) is 27.7 Å². The lowest BCUT2D eigenvalue weighted by Crippen LogP contribution is -2.43. The Hall–Kier alpha value is -0.780. The monoisotopic (exact) mass is 255 g/mol. The van der Waals surface area contributed by atoms with E-state index >= 15 is 0 Å². The van der Waals surface area contributed by atoms with Gasteiger partial charge in [-0.15, -0.1) is 0 Å². The summed E-state index contributed by atoms with van der Waals surface area (Å²) in [6.07, 6.45) is -4.55. The molecule has 0 aromatic carbocycles. The van der Waals surface area contributed by atoms with E-state index in [2.05, 4.69) is 0 Å². The fourth-order valence-corrected chi connectivity index (χ4v) is 1.24. The Bertz CT molecular complexity index is 239. The van der Waals surface area contributed by atoms with Crippen LogP contribution in [0, 0.1) is 5.92 Å². The molecule has 17 heavy (non-hydrogen) atoms. The van der Waals surface area contributed by atoms with Gasteiger partial charge < -0.3 is 9.64 Å². The summed E-state index contributed by atoms with van der Waals surface area (Å²) in [6.45, 7) is 5.54. The van der Waals surface area contributed by atoms with Crippen molar-refractivity contribution in [2.45, 2.75) is 40.0 Å². The van der Waals surface area contributed by atoms with Gasteiger partial charge in [-0.05, 0) is 19.8 Å². The van der Waals surface area contributed by atoms with Crippen LogP contribution in [0.15, 0.2) is 0 Å². The van der Waals surface area contributed by atoms with Gasteiger partial charge in [-0.3, -0.25) is 4.79 Å². The zero-order valence-electron chi connectivity index (χ0n) is 10.7. The molecule has 102 valence electrons. The van der Waals surface area contributed by atoms with Crippen LogP contribution < -0.4 is 0 Å². The standard InChI is InChI=1S/C11H20F3NO2/c1-8(2)5-15(7-11(12,13)14)10(16)6-17-9(3)4/h8-9H,5-7H2,1-4H3. The molecule has 0 saturated carbocycles. The molecule has 0 aromatic heterocycles. The van der Waals surface area contributed by atoms with E-state index < -0.39 is 18.6 Å². The molecule has 0 fully saturated rings. The Balaban J connectivity index is 4.40. The van der Waals surface area contributed by atoms with Gasteiger partial charge in [0.25, 0.3) is 0 Å². The highest BCUT2D eigenvalue weighted by atomic mass is 19.4. The van der Waals surface area contributed by atoms with E-state index in [-0.39, 0.29) is 25.2 Å². The van der Waals surface area contributed by atoms with Gasteiger partial charge in [0.2, 0.25) is 5.91 Å². The molecule has 3 nitrogen and oxygen atoms in total. The van der Waals surface area contributed by atoms with Crippen LogP contribution in [0.3, 0.4) is 0 Å². The van der Waals surface area contributed by atoms with Crippen LogP contribution in [0.5, 0.6) is 0 Å². The molecule has 0 rings (SSSR count). The first-order valence-corrected chi connectivity index (χ1v) is 5.58. The molecule has 1 amide bonds. The van der Waals surface area contributed by atoms with E-state index in [9.17, 15) is 18.0 Å². The second-order valence-corrected chi connectivity index (χ2v) is 4.64. The third-order valence-electron chi connectivity index (χ3n) is 1.85. The molecule has 0 spiro atoms. The van der Waals surface area contributed by atoms with Gasteiger partial charge in [-0.2, -0.15) is 13.2 Å². The quantitative estimate of drug-likeness (QED) is 0.729. The number of amides is 1. The van der Waals surface area contributed by atoms with Crippen LogP contribution in [0.25, 0.3) is 0 Å². The van der Waals surface area contributed by atoms with Crippen molar-refractivity contribution >= 4 is 5.91 Å². The molecule has 0 radical (unpaired) electrons. The average molecular weight is 255 g/mol. The second-order valence-electron chi connectivity index (χ2n) is 4.64. The molecule has 0 atom stereocenters. The molecule has 0 bridgehead atoms. The molecular weight excluding hydrogens is 235 g/mol. The molecule has 0 aliphatic carbocycles. The number of rotatable bonds is 6. The Morgan fingerprint density at radius 1 is 1.24 bits per heavy atom. The molecule has 0 heterocycles. The molecule has 6 heteroatoms. The van der Waals surface area contributed by atoms with E-state index in [0.29, 0.717) is 0 Å². The Morgan fingerprint density at radius 2 is 1.76 bits per heavy atom. The first-order chi connectivity index (χ1) is 7.61. The molecule has 0 saturated heterocycles. The minimum Gasteiger partial charge on any atom is -0.369 e. The van der Waals surface area contributed by atoms with Gasteiger partial charge >= 0.3 is 6.18 Å². The largest absolute Gasteiger partial charge is 0.406 e. The topological polar surface area (TPSA) is 29.5 Å². The normalized spacial score (nSPS) is 12.3. The molecule has 0 aromatic rings. The summed E-state index contributed by atoms with van der Waals surface area (Å²) >= 11 is 0. The maximum absolute atomic E-state index is 12.3. The number of halogens is 3. The van der Waals surface area contributed by atoms with Gasteiger partial charge in [0, 0.05) is 6.54 Å². The lowest BCUT2D eigenvalue weighted by atomic mass is 10.2. The second kappa shape index (κ2) is 6.83. The molecule has 0 aliphatic heterocycles. The van der Waals surface area contributed by atoms with Gasteiger partial charge in [-0.1, -0.05) is 13.8 Å². The predicted octanol–water partition coefficient (Wildman–Crippen LogP) is 2.46. The first kappa shape index (κ1) is 16.2. The smallest absolute Gasteiger partial charge is 0.369 e.